The number of benzene rings is 3. The molecule has 5 rings (SSSR count). The van der Waals surface area contributed by atoms with Gasteiger partial charge in [0, 0.05) is 28.5 Å². The molecule has 2 aromatic heterocycles. The molecule has 2 nitrogen and oxygen atoms in total. The van der Waals surface area contributed by atoms with E-state index in [9.17, 15) is 0 Å². The van der Waals surface area contributed by atoms with Crippen LogP contribution in [0.15, 0.2) is 77.2 Å². The van der Waals surface area contributed by atoms with E-state index >= 15 is 0 Å². The van der Waals surface area contributed by atoms with Crippen molar-refractivity contribution >= 4 is 21.9 Å². The van der Waals surface area contributed by atoms with Crippen molar-refractivity contribution in [3.63, 3.8) is 0 Å². The molecule has 2 heteroatoms. The molecule has 0 aliphatic heterocycles. The van der Waals surface area contributed by atoms with Crippen LogP contribution in [-0.2, 0) is 7.05 Å². The molecule has 0 unspecified atom stereocenters. The van der Waals surface area contributed by atoms with Gasteiger partial charge < -0.3 is 4.42 Å². The van der Waals surface area contributed by atoms with Crippen LogP contribution in [0.4, 0.5) is 0 Å². The molecule has 0 N–H and O–H groups in total. The lowest BCUT2D eigenvalue weighted by Gasteiger charge is -2.11. The third-order valence-electron chi connectivity index (χ3n) is 6.17. The van der Waals surface area contributed by atoms with Crippen molar-refractivity contribution in [2.45, 2.75) is 33.6 Å². The molecule has 0 saturated carbocycles. The van der Waals surface area contributed by atoms with Gasteiger partial charge in [-0.25, -0.2) is 4.57 Å². The average Bonchev–Trinajstić information content (AvgIpc) is 3.21. The second-order valence-electron chi connectivity index (χ2n) is 8.47. The largest absolute Gasteiger partial charge is 0.454 e. The summed E-state index contributed by atoms with van der Waals surface area (Å²) in [6.45, 7) is 8.52. The van der Waals surface area contributed by atoms with Gasteiger partial charge in [0.15, 0.2) is 6.20 Å². The number of aryl methyl sites for hydroxylation is 2. The Morgan fingerprint density at radius 2 is 1.71 bits per heavy atom. The smallest absolute Gasteiger partial charge is 0.216 e. The molecule has 3 aromatic carbocycles. The van der Waals surface area contributed by atoms with Crippen LogP contribution >= 0.6 is 0 Å². The molecule has 0 aliphatic rings. The first-order valence-corrected chi connectivity index (χ1v) is 10.6. The standard InChI is InChI=1S/C29H28NO/c1-18(2)22-14-15-30(5)26(17-22)27-20(4)19(3)16-25-24-13-9-12-23(28(24)31-29(25)27)21-10-7-6-8-11-21/h6-18H,1-5H3/q+1/i6D,7D,8D,10D,11D. The maximum Gasteiger partial charge on any atom is 0.216 e. The monoisotopic (exact) mass is 411 g/mol. The molecule has 5 aromatic rings. The Hall–Kier alpha value is -3.39. The van der Waals surface area contributed by atoms with Crippen molar-refractivity contribution < 1.29 is 15.8 Å². The number of furan rings is 1. The Balaban J connectivity index is 1.91. The molecule has 2 heterocycles. The number of para-hydroxylation sites is 1. The van der Waals surface area contributed by atoms with Gasteiger partial charge in [0.1, 0.15) is 18.2 Å². The molecular weight excluding hydrogens is 378 g/mol. The van der Waals surface area contributed by atoms with E-state index in [1.807, 2.05) is 19.2 Å². The van der Waals surface area contributed by atoms with E-state index in [1.165, 1.54) is 5.56 Å². The molecule has 0 aliphatic carbocycles. The van der Waals surface area contributed by atoms with E-state index in [1.54, 1.807) is 6.07 Å². The van der Waals surface area contributed by atoms with Crippen molar-refractivity contribution in [2.24, 2.45) is 7.05 Å². The fourth-order valence-corrected chi connectivity index (χ4v) is 4.24. The van der Waals surface area contributed by atoms with Crippen molar-refractivity contribution in [1.29, 1.82) is 0 Å². The molecule has 0 radical (unpaired) electrons. The van der Waals surface area contributed by atoms with Crippen LogP contribution in [0.1, 0.15) is 43.3 Å². The molecule has 0 fully saturated rings. The average molecular weight is 412 g/mol. The molecule has 0 atom stereocenters. The lowest BCUT2D eigenvalue weighted by Crippen LogP contribution is -2.31. The lowest BCUT2D eigenvalue weighted by atomic mass is 9.94. The Bertz CT molecular complexity index is 1670. The Morgan fingerprint density at radius 1 is 0.935 bits per heavy atom. The zero-order chi connectivity index (χ0) is 26.0. The van der Waals surface area contributed by atoms with Crippen LogP contribution in [0.5, 0.6) is 0 Å². The van der Waals surface area contributed by atoms with Gasteiger partial charge >= 0.3 is 0 Å². The van der Waals surface area contributed by atoms with E-state index in [2.05, 4.69) is 56.7 Å². The van der Waals surface area contributed by atoms with Gasteiger partial charge in [-0.1, -0.05) is 62.3 Å². The second-order valence-corrected chi connectivity index (χ2v) is 8.47. The maximum atomic E-state index is 8.50. The summed E-state index contributed by atoms with van der Waals surface area (Å²) in [6, 6.07) is 10.4. The number of rotatable bonds is 3. The minimum atomic E-state index is -0.406. The molecule has 0 saturated heterocycles. The topological polar surface area (TPSA) is 17.0 Å². The van der Waals surface area contributed by atoms with Crippen LogP contribution in [-0.4, -0.2) is 0 Å². The van der Waals surface area contributed by atoms with Crippen molar-refractivity contribution in [3.05, 3.63) is 89.5 Å². The van der Waals surface area contributed by atoms with E-state index in [4.69, 9.17) is 11.3 Å². The van der Waals surface area contributed by atoms with Crippen molar-refractivity contribution in [1.82, 2.24) is 0 Å². The summed E-state index contributed by atoms with van der Waals surface area (Å²) in [5.74, 6) is 0.372. The van der Waals surface area contributed by atoms with Gasteiger partial charge in [-0.2, -0.15) is 0 Å². The van der Waals surface area contributed by atoms with Crippen LogP contribution in [0.25, 0.3) is 44.3 Å². The van der Waals surface area contributed by atoms with Crippen LogP contribution in [0, 0.1) is 13.8 Å². The zero-order valence-corrected chi connectivity index (χ0v) is 18.5. The molecule has 0 bridgehead atoms. The van der Waals surface area contributed by atoms with Gasteiger partial charge in [-0.05, 0) is 48.1 Å². The summed E-state index contributed by atoms with van der Waals surface area (Å²) in [6.07, 6.45) is 2.07. The number of fused-ring (bicyclic) bond motifs is 3. The Labute approximate surface area is 190 Å². The number of hydrogen-bond acceptors (Lipinski definition) is 1. The molecule has 0 amide bonds. The predicted molar refractivity (Wildman–Crippen MR) is 129 cm³/mol. The summed E-state index contributed by atoms with van der Waals surface area (Å²) in [5, 5.41) is 1.79. The molecule has 0 spiro atoms. The first-order valence-electron chi connectivity index (χ1n) is 13.1. The molecule has 154 valence electrons. The summed E-state index contributed by atoms with van der Waals surface area (Å²) in [5.41, 5.74) is 7.38. The van der Waals surface area contributed by atoms with Gasteiger partial charge in [0.25, 0.3) is 0 Å². The minimum Gasteiger partial charge on any atom is -0.454 e. The van der Waals surface area contributed by atoms with E-state index in [0.717, 1.165) is 38.7 Å². The Morgan fingerprint density at radius 3 is 2.45 bits per heavy atom. The molecule has 31 heavy (non-hydrogen) atoms. The number of nitrogens with zero attached hydrogens (tertiary/aromatic N) is 1. The fourth-order valence-electron chi connectivity index (χ4n) is 4.24. The van der Waals surface area contributed by atoms with Crippen LogP contribution in [0.2, 0.25) is 0 Å². The molecular formula is C29H28NO+. The van der Waals surface area contributed by atoms with E-state index < -0.39 is 6.04 Å². The first kappa shape index (κ1) is 14.6. The van der Waals surface area contributed by atoms with Crippen molar-refractivity contribution in [2.75, 3.05) is 0 Å². The van der Waals surface area contributed by atoms with Gasteiger partial charge in [0.2, 0.25) is 5.69 Å². The summed E-state index contributed by atoms with van der Waals surface area (Å²) >= 11 is 0. The van der Waals surface area contributed by atoms with Crippen molar-refractivity contribution in [3.8, 4) is 22.4 Å². The summed E-state index contributed by atoms with van der Waals surface area (Å²) < 4.78 is 49.9. The third kappa shape index (κ3) is 3.14. The van der Waals surface area contributed by atoms with E-state index in [-0.39, 0.29) is 29.7 Å². The quantitative estimate of drug-likeness (QED) is 0.281. The van der Waals surface area contributed by atoms with Gasteiger partial charge in [0.05, 0.1) is 12.4 Å². The summed E-state index contributed by atoms with van der Waals surface area (Å²) in [7, 11) is 2.02. The highest BCUT2D eigenvalue weighted by atomic mass is 16.3. The number of aromatic nitrogens is 1. The predicted octanol–water partition coefficient (Wildman–Crippen LogP) is 7.48. The highest BCUT2D eigenvalue weighted by Crippen LogP contribution is 2.41. The first-order chi connectivity index (χ1) is 17.0. The number of hydrogen-bond donors (Lipinski definition) is 0. The minimum absolute atomic E-state index is 0.146. The van der Waals surface area contributed by atoms with Gasteiger partial charge in [-0.15, -0.1) is 0 Å². The highest BCUT2D eigenvalue weighted by Gasteiger charge is 2.23. The normalized spacial score (nSPS) is 13.9. The Kier molecular flexibility index (Phi) is 3.48. The second kappa shape index (κ2) is 7.39. The summed E-state index contributed by atoms with van der Waals surface area (Å²) in [4.78, 5) is 0. The highest BCUT2D eigenvalue weighted by molar-refractivity contribution is 6.13. The number of pyridine rings is 1. The SMILES string of the molecule is [2H]c1c([2H])c([2H])c(-c2cccc3c2oc2c(-c4cc(C(C)C)cc[n+]4C)c(C)c(C)cc23)c([2H])c1[2H]. The van der Waals surface area contributed by atoms with E-state index in [0.29, 0.717) is 17.1 Å². The fraction of sp³-hybridized carbons (Fsp3) is 0.207. The van der Waals surface area contributed by atoms with Crippen LogP contribution < -0.4 is 4.57 Å². The lowest BCUT2D eigenvalue weighted by molar-refractivity contribution is -0.660. The maximum absolute atomic E-state index is 8.50. The third-order valence-corrected chi connectivity index (χ3v) is 6.17. The van der Waals surface area contributed by atoms with Crippen LogP contribution in [0.3, 0.4) is 0 Å². The zero-order valence-electron chi connectivity index (χ0n) is 23.5. The van der Waals surface area contributed by atoms with Gasteiger partial charge in [-0.3, -0.25) is 0 Å².